The van der Waals surface area contributed by atoms with E-state index in [0.29, 0.717) is 0 Å². The summed E-state index contributed by atoms with van der Waals surface area (Å²) >= 11 is 0. The highest BCUT2D eigenvalue weighted by atomic mass is 15.1. The molecule has 0 aliphatic carbocycles. The average molecular weight is 260 g/mol. The zero-order valence-corrected chi connectivity index (χ0v) is 12.3. The number of likely N-dealkylation sites (tertiary alicyclic amines) is 1. The third-order valence-electron chi connectivity index (χ3n) is 4.05. The van der Waals surface area contributed by atoms with Crippen molar-refractivity contribution in [3.05, 3.63) is 35.9 Å². The summed E-state index contributed by atoms with van der Waals surface area (Å²) in [7, 11) is 0. The van der Waals surface area contributed by atoms with Gasteiger partial charge in [-0.15, -0.1) is 0 Å². The maximum Gasteiger partial charge on any atom is 0.00914 e. The van der Waals surface area contributed by atoms with Crippen molar-refractivity contribution in [2.45, 2.75) is 45.1 Å². The largest absolute Gasteiger partial charge is 0.314 e. The van der Waals surface area contributed by atoms with Crippen molar-refractivity contribution in [3.8, 4) is 0 Å². The van der Waals surface area contributed by atoms with Gasteiger partial charge in [0.15, 0.2) is 0 Å². The molecule has 1 aromatic carbocycles. The van der Waals surface area contributed by atoms with E-state index in [1.807, 2.05) is 0 Å². The van der Waals surface area contributed by atoms with Gasteiger partial charge < -0.3 is 10.2 Å². The Morgan fingerprint density at radius 1 is 1.16 bits per heavy atom. The smallest absolute Gasteiger partial charge is 0.00914 e. The van der Waals surface area contributed by atoms with Crippen molar-refractivity contribution in [3.63, 3.8) is 0 Å². The first kappa shape index (κ1) is 14.5. The summed E-state index contributed by atoms with van der Waals surface area (Å²) in [6.07, 6.45) is 6.40. The fourth-order valence-corrected chi connectivity index (χ4v) is 2.86. The average Bonchev–Trinajstić information content (AvgIpc) is 2.47. The van der Waals surface area contributed by atoms with Crippen molar-refractivity contribution in [1.82, 2.24) is 10.2 Å². The summed E-state index contributed by atoms with van der Waals surface area (Å²) in [5, 5.41) is 3.65. The maximum atomic E-state index is 3.65. The Labute approximate surface area is 118 Å². The van der Waals surface area contributed by atoms with E-state index < -0.39 is 0 Å². The van der Waals surface area contributed by atoms with Crippen LogP contribution in [0.25, 0.3) is 0 Å². The molecule has 0 bridgehead atoms. The van der Waals surface area contributed by atoms with E-state index in [4.69, 9.17) is 0 Å². The predicted molar refractivity (Wildman–Crippen MR) is 82.5 cm³/mol. The number of benzene rings is 1. The quantitative estimate of drug-likeness (QED) is 0.810. The summed E-state index contributed by atoms with van der Waals surface area (Å²) in [6.45, 7) is 7.23. The molecule has 1 heterocycles. The Morgan fingerprint density at radius 2 is 1.89 bits per heavy atom. The van der Waals surface area contributed by atoms with Gasteiger partial charge in [-0.05, 0) is 63.8 Å². The standard InChI is InChI=1S/C17H28N2/c1-2-12-18-17-10-14-19(15-11-17)13-6-9-16-7-4-3-5-8-16/h3-5,7-8,17-18H,2,6,9-15H2,1H3. The molecule has 1 N–H and O–H groups in total. The van der Waals surface area contributed by atoms with Crippen LogP contribution in [-0.2, 0) is 6.42 Å². The van der Waals surface area contributed by atoms with Gasteiger partial charge in [0.2, 0.25) is 0 Å². The van der Waals surface area contributed by atoms with E-state index >= 15 is 0 Å². The fourth-order valence-electron chi connectivity index (χ4n) is 2.86. The molecule has 19 heavy (non-hydrogen) atoms. The Balaban J connectivity index is 1.58. The SMILES string of the molecule is CCCNC1CCN(CCCc2ccccc2)CC1. The van der Waals surface area contributed by atoms with E-state index in [1.165, 1.54) is 63.8 Å². The molecule has 0 spiro atoms. The Bertz CT molecular complexity index is 328. The number of hydrogen-bond acceptors (Lipinski definition) is 2. The first-order chi connectivity index (χ1) is 9.38. The van der Waals surface area contributed by atoms with Crippen LogP contribution in [0.5, 0.6) is 0 Å². The number of aryl methyl sites for hydroxylation is 1. The summed E-state index contributed by atoms with van der Waals surface area (Å²) in [5.41, 5.74) is 1.47. The highest BCUT2D eigenvalue weighted by Crippen LogP contribution is 2.11. The van der Waals surface area contributed by atoms with Gasteiger partial charge in [-0.1, -0.05) is 37.3 Å². The number of rotatable bonds is 7. The number of hydrogen-bond donors (Lipinski definition) is 1. The lowest BCUT2D eigenvalue weighted by atomic mass is 10.0. The minimum absolute atomic E-state index is 0.769. The minimum Gasteiger partial charge on any atom is -0.314 e. The summed E-state index contributed by atoms with van der Waals surface area (Å²) in [4.78, 5) is 2.63. The topological polar surface area (TPSA) is 15.3 Å². The molecule has 0 radical (unpaired) electrons. The van der Waals surface area contributed by atoms with E-state index in [1.54, 1.807) is 0 Å². The summed E-state index contributed by atoms with van der Waals surface area (Å²) in [5.74, 6) is 0. The first-order valence-corrected chi connectivity index (χ1v) is 7.88. The highest BCUT2D eigenvalue weighted by Gasteiger charge is 2.17. The zero-order valence-electron chi connectivity index (χ0n) is 12.3. The molecule has 1 aromatic rings. The molecular weight excluding hydrogens is 232 g/mol. The number of nitrogens with zero attached hydrogens (tertiary/aromatic N) is 1. The lowest BCUT2D eigenvalue weighted by Gasteiger charge is -2.32. The van der Waals surface area contributed by atoms with Crippen LogP contribution in [0, 0.1) is 0 Å². The monoisotopic (exact) mass is 260 g/mol. The molecule has 106 valence electrons. The van der Waals surface area contributed by atoms with Gasteiger partial charge >= 0.3 is 0 Å². The Morgan fingerprint density at radius 3 is 2.58 bits per heavy atom. The van der Waals surface area contributed by atoms with E-state index in [-0.39, 0.29) is 0 Å². The van der Waals surface area contributed by atoms with Gasteiger partial charge in [-0.3, -0.25) is 0 Å². The van der Waals surface area contributed by atoms with Crippen LogP contribution in [0.2, 0.25) is 0 Å². The molecule has 0 unspecified atom stereocenters. The molecule has 0 aromatic heterocycles. The molecule has 0 amide bonds. The highest BCUT2D eigenvalue weighted by molar-refractivity contribution is 5.14. The lowest BCUT2D eigenvalue weighted by Crippen LogP contribution is -2.43. The van der Waals surface area contributed by atoms with Gasteiger partial charge in [0, 0.05) is 6.04 Å². The second-order valence-corrected chi connectivity index (χ2v) is 5.66. The van der Waals surface area contributed by atoms with Crippen LogP contribution >= 0.6 is 0 Å². The van der Waals surface area contributed by atoms with Crippen LogP contribution in [-0.4, -0.2) is 37.1 Å². The van der Waals surface area contributed by atoms with Crippen LogP contribution in [0.15, 0.2) is 30.3 Å². The second-order valence-electron chi connectivity index (χ2n) is 5.66. The van der Waals surface area contributed by atoms with Crippen LogP contribution in [0.1, 0.15) is 38.2 Å². The van der Waals surface area contributed by atoms with Gasteiger partial charge in [-0.2, -0.15) is 0 Å². The van der Waals surface area contributed by atoms with Crippen LogP contribution < -0.4 is 5.32 Å². The van der Waals surface area contributed by atoms with Gasteiger partial charge in [0.05, 0.1) is 0 Å². The Hall–Kier alpha value is -0.860. The normalized spacial score (nSPS) is 17.7. The molecular formula is C17H28N2. The zero-order chi connectivity index (χ0) is 13.3. The van der Waals surface area contributed by atoms with Crippen molar-refractivity contribution in [2.24, 2.45) is 0 Å². The second kappa shape index (κ2) is 8.34. The van der Waals surface area contributed by atoms with Gasteiger partial charge in [0.25, 0.3) is 0 Å². The molecule has 1 aliphatic rings. The Kier molecular flexibility index (Phi) is 6.38. The van der Waals surface area contributed by atoms with Crippen molar-refractivity contribution in [2.75, 3.05) is 26.2 Å². The summed E-state index contributed by atoms with van der Waals surface area (Å²) in [6, 6.07) is 11.6. The van der Waals surface area contributed by atoms with E-state index in [9.17, 15) is 0 Å². The fraction of sp³-hybridized carbons (Fsp3) is 0.647. The molecule has 2 rings (SSSR count). The number of piperidine rings is 1. The third-order valence-corrected chi connectivity index (χ3v) is 4.05. The predicted octanol–water partition coefficient (Wildman–Crippen LogP) is 3.08. The molecule has 2 heteroatoms. The third kappa shape index (κ3) is 5.33. The lowest BCUT2D eigenvalue weighted by molar-refractivity contribution is 0.196. The van der Waals surface area contributed by atoms with E-state index in [2.05, 4.69) is 47.5 Å². The number of nitrogens with one attached hydrogen (secondary N) is 1. The van der Waals surface area contributed by atoms with Crippen LogP contribution in [0.3, 0.4) is 0 Å². The first-order valence-electron chi connectivity index (χ1n) is 7.88. The van der Waals surface area contributed by atoms with Gasteiger partial charge in [-0.25, -0.2) is 0 Å². The van der Waals surface area contributed by atoms with Crippen LogP contribution in [0.4, 0.5) is 0 Å². The molecule has 1 fully saturated rings. The van der Waals surface area contributed by atoms with Crippen molar-refractivity contribution in [1.29, 1.82) is 0 Å². The molecule has 0 atom stereocenters. The molecule has 1 aliphatic heterocycles. The van der Waals surface area contributed by atoms with Gasteiger partial charge in [0.1, 0.15) is 0 Å². The van der Waals surface area contributed by atoms with Crippen molar-refractivity contribution < 1.29 is 0 Å². The minimum atomic E-state index is 0.769. The molecule has 2 nitrogen and oxygen atoms in total. The van der Waals surface area contributed by atoms with E-state index in [0.717, 1.165) is 6.04 Å². The molecule has 0 saturated carbocycles. The van der Waals surface area contributed by atoms with Crippen molar-refractivity contribution >= 4 is 0 Å². The maximum absolute atomic E-state index is 3.65. The summed E-state index contributed by atoms with van der Waals surface area (Å²) < 4.78 is 0. The molecule has 1 saturated heterocycles.